The predicted molar refractivity (Wildman–Crippen MR) is 64.6 cm³/mol. The molecule has 1 aromatic carbocycles. The van der Waals surface area contributed by atoms with E-state index in [1.165, 1.54) is 6.92 Å². The summed E-state index contributed by atoms with van der Waals surface area (Å²) in [6.45, 7) is 1.38. The highest BCUT2D eigenvalue weighted by Gasteiger charge is 2.29. The molecule has 0 fully saturated rings. The molecule has 0 aromatic heterocycles. The fourth-order valence-electron chi connectivity index (χ4n) is 1.66. The van der Waals surface area contributed by atoms with Crippen LogP contribution in [0, 0.1) is 0 Å². The minimum atomic E-state index is -3.44. The van der Waals surface area contributed by atoms with Crippen LogP contribution < -0.4 is 0 Å². The van der Waals surface area contributed by atoms with Gasteiger partial charge in [0.15, 0.2) is 0 Å². The molecule has 0 radical (unpaired) electrons. The maximum atomic E-state index is 12.0. The average molecular weight is 301 g/mol. The number of halogens is 1. The smallest absolute Gasteiger partial charge is 0.203 e. The number of hydrogen-bond acceptors (Lipinski definition) is 3. The molecule has 1 heterocycles. The van der Waals surface area contributed by atoms with Gasteiger partial charge in [0.25, 0.3) is 0 Å². The molecule has 0 unspecified atom stereocenters. The summed E-state index contributed by atoms with van der Waals surface area (Å²) in [5, 5.41) is 0. The summed E-state index contributed by atoms with van der Waals surface area (Å²) in [5.74, 6) is -0.151. The summed E-state index contributed by atoms with van der Waals surface area (Å²) in [6.07, 6.45) is 1.53. The molecule has 16 heavy (non-hydrogen) atoms. The van der Waals surface area contributed by atoms with Gasteiger partial charge in [-0.2, -0.15) is 0 Å². The van der Waals surface area contributed by atoms with Crippen LogP contribution >= 0.6 is 15.9 Å². The quantitative estimate of drug-likeness (QED) is 0.843. The van der Waals surface area contributed by atoms with E-state index >= 15 is 0 Å². The predicted octanol–water partition coefficient (Wildman–Crippen LogP) is 2.56. The number of carbonyl (C=O) groups is 1. The molecule has 2 rings (SSSR count). The maximum Gasteiger partial charge on any atom is 0.203 e. The molecule has 0 saturated carbocycles. The molecule has 3 nitrogen and oxygen atoms in total. The molecule has 1 aliphatic rings. The number of ketones is 1. The highest BCUT2D eigenvalue weighted by molar-refractivity contribution is 9.10. The third-order valence-corrected chi connectivity index (χ3v) is 4.74. The lowest BCUT2D eigenvalue weighted by Crippen LogP contribution is -2.04. The van der Waals surface area contributed by atoms with Crippen molar-refractivity contribution in [3.05, 3.63) is 33.1 Å². The Morgan fingerprint density at radius 1 is 1.38 bits per heavy atom. The van der Waals surface area contributed by atoms with Gasteiger partial charge in [0.05, 0.1) is 9.80 Å². The number of Topliss-reactive ketones (excluding diaryl/α,β-unsaturated/α-hetero) is 1. The third-order valence-electron chi connectivity index (χ3n) is 2.35. The second-order valence-electron chi connectivity index (χ2n) is 3.68. The Kier molecular flexibility index (Phi) is 2.75. The van der Waals surface area contributed by atoms with Crippen LogP contribution in [0.2, 0.25) is 0 Å². The normalized spacial score (nSPS) is 16.8. The first kappa shape index (κ1) is 11.5. The fraction of sp³-hybridized carbons (Fsp3) is 0.182. The molecule has 0 amide bonds. The molecule has 0 spiro atoms. The van der Waals surface area contributed by atoms with Crippen molar-refractivity contribution in [3.63, 3.8) is 0 Å². The van der Waals surface area contributed by atoms with E-state index in [1.54, 1.807) is 24.3 Å². The van der Waals surface area contributed by atoms with Crippen molar-refractivity contribution in [2.45, 2.75) is 18.2 Å². The summed E-state index contributed by atoms with van der Waals surface area (Å²) in [7, 11) is -3.44. The molecule has 1 aliphatic heterocycles. The molecule has 0 saturated heterocycles. The zero-order valence-corrected chi connectivity index (χ0v) is 10.9. The van der Waals surface area contributed by atoms with Crippen LogP contribution in [-0.2, 0) is 14.6 Å². The SMILES string of the molecule is CC(=O)CC1=Cc2cc(Br)ccc2S1(=O)=O. The van der Waals surface area contributed by atoms with Gasteiger partial charge in [-0.1, -0.05) is 15.9 Å². The van der Waals surface area contributed by atoms with Crippen molar-refractivity contribution < 1.29 is 13.2 Å². The highest BCUT2D eigenvalue weighted by Crippen LogP contribution is 2.35. The van der Waals surface area contributed by atoms with E-state index in [-0.39, 0.29) is 22.0 Å². The van der Waals surface area contributed by atoms with Crippen molar-refractivity contribution in [2.75, 3.05) is 0 Å². The molecule has 0 atom stereocenters. The lowest BCUT2D eigenvalue weighted by Gasteiger charge is -2.01. The van der Waals surface area contributed by atoms with E-state index in [4.69, 9.17) is 0 Å². The van der Waals surface area contributed by atoms with Gasteiger partial charge in [-0.3, -0.25) is 4.79 Å². The van der Waals surface area contributed by atoms with Crippen molar-refractivity contribution in [2.24, 2.45) is 0 Å². The molecule has 0 N–H and O–H groups in total. The van der Waals surface area contributed by atoms with Gasteiger partial charge in [-0.25, -0.2) is 8.42 Å². The zero-order chi connectivity index (χ0) is 11.9. The third kappa shape index (κ3) is 1.85. The first-order valence-corrected chi connectivity index (χ1v) is 6.93. The van der Waals surface area contributed by atoms with E-state index in [0.29, 0.717) is 5.56 Å². The number of allylic oxidation sites excluding steroid dienone is 1. The van der Waals surface area contributed by atoms with Gasteiger partial charge in [0.2, 0.25) is 9.84 Å². The van der Waals surface area contributed by atoms with Gasteiger partial charge in [-0.05, 0) is 36.8 Å². The largest absolute Gasteiger partial charge is 0.300 e. The van der Waals surface area contributed by atoms with E-state index < -0.39 is 9.84 Å². The van der Waals surface area contributed by atoms with Crippen molar-refractivity contribution >= 4 is 37.6 Å². The minimum absolute atomic E-state index is 0.0331. The molecular formula is C11H9BrO3S. The van der Waals surface area contributed by atoms with Crippen LogP contribution in [0.4, 0.5) is 0 Å². The summed E-state index contributed by atoms with van der Waals surface area (Å²) in [5.41, 5.74) is 0.644. The molecule has 84 valence electrons. The lowest BCUT2D eigenvalue weighted by atomic mass is 10.2. The van der Waals surface area contributed by atoms with Crippen LogP contribution in [0.25, 0.3) is 6.08 Å². The topological polar surface area (TPSA) is 51.2 Å². The molecule has 0 aliphatic carbocycles. The number of sulfone groups is 1. The maximum absolute atomic E-state index is 12.0. The molecule has 5 heteroatoms. The van der Waals surface area contributed by atoms with E-state index in [1.807, 2.05) is 0 Å². The summed E-state index contributed by atoms with van der Waals surface area (Å²) < 4.78 is 24.8. The Hall–Kier alpha value is -0.940. The van der Waals surface area contributed by atoms with Crippen LogP contribution in [0.3, 0.4) is 0 Å². The van der Waals surface area contributed by atoms with Crippen LogP contribution in [0.5, 0.6) is 0 Å². The van der Waals surface area contributed by atoms with Gasteiger partial charge in [0.1, 0.15) is 5.78 Å². The number of rotatable bonds is 2. The molecular weight excluding hydrogens is 292 g/mol. The number of benzene rings is 1. The Morgan fingerprint density at radius 2 is 2.06 bits per heavy atom. The standard InChI is InChI=1S/C11H9BrO3S/c1-7(13)4-10-6-8-5-9(12)2-3-11(8)16(10,14)15/h2-3,5-6H,4H2,1H3. The molecule has 0 bridgehead atoms. The van der Waals surface area contributed by atoms with E-state index in [2.05, 4.69) is 15.9 Å². The summed E-state index contributed by atoms with van der Waals surface area (Å²) in [6, 6.07) is 4.97. The number of hydrogen-bond donors (Lipinski definition) is 0. The lowest BCUT2D eigenvalue weighted by molar-refractivity contribution is -0.116. The van der Waals surface area contributed by atoms with E-state index in [9.17, 15) is 13.2 Å². The first-order valence-electron chi connectivity index (χ1n) is 4.66. The van der Waals surface area contributed by atoms with Crippen LogP contribution in [0.1, 0.15) is 18.9 Å². The van der Waals surface area contributed by atoms with Crippen molar-refractivity contribution in [1.82, 2.24) is 0 Å². The van der Waals surface area contributed by atoms with Gasteiger partial charge in [-0.15, -0.1) is 0 Å². The Labute approximate surface area is 102 Å². The second-order valence-corrected chi connectivity index (χ2v) is 6.56. The number of carbonyl (C=O) groups excluding carboxylic acids is 1. The monoisotopic (exact) mass is 300 g/mol. The Balaban J connectivity index is 2.56. The second kappa shape index (κ2) is 3.82. The number of fused-ring (bicyclic) bond motifs is 1. The Bertz CT molecular complexity index is 600. The van der Waals surface area contributed by atoms with Gasteiger partial charge in [0, 0.05) is 10.9 Å². The Morgan fingerprint density at radius 3 is 2.69 bits per heavy atom. The summed E-state index contributed by atoms with van der Waals surface area (Å²) >= 11 is 3.28. The highest BCUT2D eigenvalue weighted by atomic mass is 79.9. The van der Waals surface area contributed by atoms with Crippen molar-refractivity contribution in [1.29, 1.82) is 0 Å². The first-order chi connectivity index (χ1) is 7.41. The van der Waals surface area contributed by atoms with Gasteiger partial charge < -0.3 is 0 Å². The van der Waals surface area contributed by atoms with Crippen LogP contribution in [-0.4, -0.2) is 14.2 Å². The zero-order valence-electron chi connectivity index (χ0n) is 8.53. The average Bonchev–Trinajstić information content (AvgIpc) is 2.37. The minimum Gasteiger partial charge on any atom is -0.300 e. The van der Waals surface area contributed by atoms with E-state index in [0.717, 1.165) is 4.47 Å². The van der Waals surface area contributed by atoms with Crippen LogP contribution in [0.15, 0.2) is 32.5 Å². The fourth-order valence-corrected chi connectivity index (χ4v) is 3.67. The van der Waals surface area contributed by atoms with Gasteiger partial charge >= 0.3 is 0 Å². The van der Waals surface area contributed by atoms with Crippen molar-refractivity contribution in [3.8, 4) is 0 Å². The molecule has 1 aromatic rings. The summed E-state index contributed by atoms with van der Waals surface area (Å²) in [4.78, 5) is 11.5.